The van der Waals surface area contributed by atoms with Crippen molar-refractivity contribution in [3.8, 4) is 21.9 Å². The zero-order valence-electron chi connectivity index (χ0n) is 25.1. The summed E-state index contributed by atoms with van der Waals surface area (Å²) in [5.74, 6) is 1.68. The Morgan fingerprint density at radius 1 is 0.533 bits per heavy atom. The van der Waals surface area contributed by atoms with Gasteiger partial charge in [0.25, 0.3) is 0 Å². The highest BCUT2D eigenvalue weighted by molar-refractivity contribution is 7.22. The standard InChI is InChI=1S/C41H31NO2S/c1-43-33-22-17-28(18-23-33)41(29-19-24-34(44-2)25-20-29)37-27-32(42(30-11-5-3-6-12-30)31-13-7-4-8-14-31)21-26-35(37)40-39(41)36-15-9-10-16-38(36)45-40/h3-27H,1-2H3. The van der Waals surface area contributed by atoms with E-state index in [1.165, 1.54) is 42.8 Å². The topological polar surface area (TPSA) is 21.7 Å². The zero-order valence-corrected chi connectivity index (χ0v) is 25.9. The summed E-state index contributed by atoms with van der Waals surface area (Å²) in [4.78, 5) is 3.66. The molecule has 0 spiro atoms. The number of nitrogens with zero attached hydrogens (tertiary/aromatic N) is 1. The molecular formula is C41H31NO2S. The van der Waals surface area contributed by atoms with Crippen LogP contribution in [0.4, 0.5) is 17.1 Å². The molecule has 7 aromatic rings. The van der Waals surface area contributed by atoms with Crippen LogP contribution >= 0.6 is 11.3 Å². The molecule has 0 saturated heterocycles. The number of ether oxygens (including phenoxy) is 2. The molecule has 0 amide bonds. The van der Waals surface area contributed by atoms with Crippen LogP contribution in [0, 0.1) is 0 Å². The molecule has 4 heteroatoms. The van der Waals surface area contributed by atoms with Gasteiger partial charge >= 0.3 is 0 Å². The first kappa shape index (κ1) is 27.2. The summed E-state index contributed by atoms with van der Waals surface area (Å²) in [6.07, 6.45) is 0. The van der Waals surface area contributed by atoms with Gasteiger partial charge in [0.15, 0.2) is 0 Å². The molecule has 218 valence electrons. The summed E-state index contributed by atoms with van der Waals surface area (Å²) in [5, 5.41) is 1.28. The number of para-hydroxylation sites is 2. The van der Waals surface area contributed by atoms with Crippen molar-refractivity contribution < 1.29 is 9.47 Å². The van der Waals surface area contributed by atoms with Gasteiger partial charge in [0, 0.05) is 26.6 Å². The Hall–Kier alpha value is -5.32. The second kappa shape index (κ2) is 11.0. The van der Waals surface area contributed by atoms with Gasteiger partial charge < -0.3 is 14.4 Å². The van der Waals surface area contributed by atoms with Crippen LogP contribution in [-0.4, -0.2) is 14.2 Å². The Balaban J connectivity index is 1.47. The SMILES string of the molecule is COc1ccc(C2(c3ccc(OC)cc3)c3cc(N(c4ccccc4)c4ccccc4)ccc3-c3sc4ccccc4c32)cc1. The number of benzene rings is 6. The number of anilines is 3. The van der Waals surface area contributed by atoms with Crippen molar-refractivity contribution in [3.05, 3.63) is 174 Å². The molecule has 45 heavy (non-hydrogen) atoms. The van der Waals surface area contributed by atoms with Crippen molar-refractivity contribution >= 4 is 38.5 Å². The molecule has 0 bridgehead atoms. The molecule has 0 aliphatic heterocycles. The zero-order chi connectivity index (χ0) is 30.4. The number of fused-ring (bicyclic) bond motifs is 5. The van der Waals surface area contributed by atoms with E-state index < -0.39 is 5.41 Å². The number of thiophene rings is 1. The maximum atomic E-state index is 5.62. The third-order valence-corrected chi connectivity index (χ3v) is 10.2. The van der Waals surface area contributed by atoms with Crippen LogP contribution in [0.5, 0.6) is 11.5 Å². The minimum Gasteiger partial charge on any atom is -0.497 e. The second-order valence-electron chi connectivity index (χ2n) is 11.2. The number of hydrogen-bond donors (Lipinski definition) is 0. The minimum atomic E-state index is -0.572. The Kier molecular flexibility index (Phi) is 6.66. The highest BCUT2D eigenvalue weighted by Crippen LogP contribution is 2.61. The molecule has 1 heterocycles. The third-order valence-electron chi connectivity index (χ3n) is 8.96. The molecule has 0 radical (unpaired) electrons. The maximum absolute atomic E-state index is 5.62. The van der Waals surface area contributed by atoms with Gasteiger partial charge in [-0.15, -0.1) is 11.3 Å². The summed E-state index contributed by atoms with van der Waals surface area (Å²) in [6, 6.07) is 54.3. The molecule has 8 rings (SSSR count). The van der Waals surface area contributed by atoms with Crippen molar-refractivity contribution in [1.29, 1.82) is 0 Å². The van der Waals surface area contributed by atoms with Crippen molar-refractivity contribution in [1.82, 2.24) is 0 Å². The summed E-state index contributed by atoms with van der Waals surface area (Å²) in [7, 11) is 3.44. The van der Waals surface area contributed by atoms with Crippen LogP contribution in [0.15, 0.2) is 152 Å². The lowest BCUT2D eigenvalue weighted by molar-refractivity contribution is 0.414. The second-order valence-corrected chi connectivity index (χ2v) is 12.3. The van der Waals surface area contributed by atoms with Crippen molar-refractivity contribution in [3.63, 3.8) is 0 Å². The summed E-state index contributed by atoms with van der Waals surface area (Å²) < 4.78 is 12.5. The third kappa shape index (κ3) is 4.25. The van der Waals surface area contributed by atoms with E-state index >= 15 is 0 Å². The van der Waals surface area contributed by atoms with E-state index in [1.807, 2.05) is 11.3 Å². The molecule has 1 aromatic heterocycles. The smallest absolute Gasteiger partial charge is 0.118 e. The lowest BCUT2D eigenvalue weighted by atomic mass is 9.67. The largest absolute Gasteiger partial charge is 0.497 e. The van der Waals surface area contributed by atoms with Crippen LogP contribution in [0.2, 0.25) is 0 Å². The predicted molar refractivity (Wildman–Crippen MR) is 187 cm³/mol. The normalized spacial score (nSPS) is 12.8. The highest BCUT2D eigenvalue weighted by atomic mass is 32.1. The highest BCUT2D eigenvalue weighted by Gasteiger charge is 2.48. The first-order valence-electron chi connectivity index (χ1n) is 15.1. The quantitative estimate of drug-likeness (QED) is 0.181. The first-order chi connectivity index (χ1) is 22.2. The van der Waals surface area contributed by atoms with Gasteiger partial charge in [0.1, 0.15) is 11.5 Å². The van der Waals surface area contributed by atoms with Gasteiger partial charge in [-0.2, -0.15) is 0 Å². The van der Waals surface area contributed by atoms with Crippen molar-refractivity contribution in [2.24, 2.45) is 0 Å². The van der Waals surface area contributed by atoms with E-state index in [0.717, 1.165) is 28.6 Å². The van der Waals surface area contributed by atoms with Gasteiger partial charge in [-0.1, -0.05) is 84.9 Å². The average Bonchev–Trinajstić information content (AvgIpc) is 3.63. The van der Waals surface area contributed by atoms with Crippen LogP contribution in [0.25, 0.3) is 20.5 Å². The lowest BCUT2D eigenvalue weighted by Gasteiger charge is -2.35. The summed E-state index contributed by atoms with van der Waals surface area (Å²) in [5.41, 5.74) is 9.01. The van der Waals surface area contributed by atoms with Crippen LogP contribution < -0.4 is 14.4 Å². The molecule has 0 fully saturated rings. The van der Waals surface area contributed by atoms with Gasteiger partial charge in [0.05, 0.1) is 19.6 Å². The monoisotopic (exact) mass is 601 g/mol. The molecule has 1 aliphatic rings. The van der Waals surface area contributed by atoms with Crippen LogP contribution in [-0.2, 0) is 5.41 Å². The van der Waals surface area contributed by atoms with Gasteiger partial charge in [0.2, 0.25) is 0 Å². The predicted octanol–water partition coefficient (Wildman–Crippen LogP) is 10.8. The molecule has 0 N–H and O–H groups in total. The Bertz CT molecular complexity index is 2030. The van der Waals surface area contributed by atoms with E-state index in [-0.39, 0.29) is 0 Å². The summed E-state index contributed by atoms with van der Waals surface area (Å²) in [6.45, 7) is 0. The molecule has 3 nitrogen and oxygen atoms in total. The van der Waals surface area contributed by atoms with Crippen molar-refractivity contribution in [2.45, 2.75) is 5.41 Å². The first-order valence-corrected chi connectivity index (χ1v) is 15.9. The lowest BCUT2D eigenvalue weighted by Crippen LogP contribution is -2.28. The van der Waals surface area contributed by atoms with Crippen LogP contribution in [0.1, 0.15) is 22.3 Å². The number of rotatable bonds is 7. The Labute approximate surface area is 267 Å². The van der Waals surface area contributed by atoms with Gasteiger partial charge in [-0.25, -0.2) is 0 Å². The van der Waals surface area contributed by atoms with Crippen LogP contribution in [0.3, 0.4) is 0 Å². The minimum absolute atomic E-state index is 0.572. The average molecular weight is 602 g/mol. The number of methoxy groups -OCH3 is 2. The van der Waals surface area contributed by atoms with E-state index in [9.17, 15) is 0 Å². The fraction of sp³-hybridized carbons (Fsp3) is 0.0732. The van der Waals surface area contributed by atoms with Crippen molar-refractivity contribution in [2.75, 3.05) is 19.1 Å². The fourth-order valence-electron chi connectivity index (χ4n) is 6.97. The maximum Gasteiger partial charge on any atom is 0.118 e. The van der Waals surface area contributed by atoms with E-state index in [2.05, 4.69) is 157 Å². The molecule has 1 aliphatic carbocycles. The Morgan fingerprint density at radius 3 is 1.62 bits per heavy atom. The summed E-state index contributed by atoms with van der Waals surface area (Å²) >= 11 is 1.88. The van der Waals surface area contributed by atoms with Gasteiger partial charge in [-0.3, -0.25) is 0 Å². The molecule has 0 unspecified atom stereocenters. The van der Waals surface area contributed by atoms with E-state index in [1.54, 1.807) is 14.2 Å². The number of hydrogen-bond acceptors (Lipinski definition) is 4. The Morgan fingerprint density at radius 2 is 1.07 bits per heavy atom. The van der Waals surface area contributed by atoms with Gasteiger partial charge in [-0.05, 0) is 99.9 Å². The van der Waals surface area contributed by atoms with E-state index in [0.29, 0.717) is 0 Å². The molecular weight excluding hydrogens is 571 g/mol. The fourth-order valence-corrected chi connectivity index (χ4v) is 8.27. The molecule has 0 atom stereocenters. The molecule has 6 aromatic carbocycles. The van der Waals surface area contributed by atoms with E-state index in [4.69, 9.17) is 9.47 Å². The molecule has 0 saturated carbocycles.